The van der Waals surface area contributed by atoms with Gasteiger partial charge in [-0.25, -0.2) is 4.39 Å². The third kappa shape index (κ3) is 1.93. The van der Waals surface area contributed by atoms with E-state index in [1.54, 1.807) is 12.1 Å². The van der Waals surface area contributed by atoms with Crippen LogP contribution in [0.4, 0.5) is 4.39 Å². The van der Waals surface area contributed by atoms with Crippen molar-refractivity contribution in [3.8, 4) is 0 Å². The average molecular weight is 222 g/mol. The van der Waals surface area contributed by atoms with E-state index < -0.39 is 5.54 Å². The van der Waals surface area contributed by atoms with E-state index in [9.17, 15) is 4.39 Å². The van der Waals surface area contributed by atoms with E-state index in [1.807, 2.05) is 13.8 Å². The van der Waals surface area contributed by atoms with Crippen molar-refractivity contribution in [2.45, 2.75) is 19.4 Å². The van der Waals surface area contributed by atoms with Crippen LogP contribution in [0.15, 0.2) is 23.2 Å². The molecule has 3 nitrogen and oxygen atoms in total. The number of amidine groups is 1. The molecule has 0 bridgehead atoms. The van der Waals surface area contributed by atoms with Crippen molar-refractivity contribution in [3.63, 3.8) is 0 Å². The summed E-state index contributed by atoms with van der Waals surface area (Å²) in [5.41, 5.74) is 6.46. The van der Waals surface area contributed by atoms with Gasteiger partial charge in [0.2, 0.25) is 0 Å². The fourth-order valence-electron chi connectivity index (χ4n) is 1.93. The Morgan fingerprint density at radius 1 is 1.50 bits per heavy atom. The van der Waals surface area contributed by atoms with Gasteiger partial charge < -0.3 is 10.5 Å². The van der Waals surface area contributed by atoms with Gasteiger partial charge in [0.15, 0.2) is 0 Å². The van der Waals surface area contributed by atoms with Gasteiger partial charge in [-0.2, -0.15) is 0 Å². The predicted octanol–water partition coefficient (Wildman–Crippen LogP) is 1.74. The zero-order valence-corrected chi connectivity index (χ0v) is 9.46. The molecular formula is C12H15FN2O. The van der Waals surface area contributed by atoms with Gasteiger partial charge in [0.1, 0.15) is 23.8 Å². The molecule has 2 rings (SSSR count). The summed E-state index contributed by atoms with van der Waals surface area (Å²) in [5.74, 6) is 0.143. The Morgan fingerprint density at radius 3 is 2.94 bits per heavy atom. The summed E-state index contributed by atoms with van der Waals surface area (Å²) in [6.07, 6.45) is 0. The third-order valence-electron chi connectivity index (χ3n) is 2.73. The molecular weight excluding hydrogens is 207 g/mol. The van der Waals surface area contributed by atoms with Crippen molar-refractivity contribution >= 4 is 5.84 Å². The number of benzene rings is 1. The maximum absolute atomic E-state index is 13.8. The first-order valence-corrected chi connectivity index (χ1v) is 5.20. The molecule has 0 radical (unpaired) electrons. The Kier molecular flexibility index (Phi) is 2.68. The van der Waals surface area contributed by atoms with Crippen LogP contribution in [0.1, 0.15) is 18.1 Å². The van der Waals surface area contributed by atoms with Crippen LogP contribution in [0.5, 0.6) is 0 Å². The monoisotopic (exact) mass is 222 g/mol. The van der Waals surface area contributed by atoms with Crippen molar-refractivity contribution in [1.29, 1.82) is 0 Å². The maximum atomic E-state index is 13.8. The molecule has 1 aliphatic heterocycles. The summed E-state index contributed by atoms with van der Waals surface area (Å²) in [7, 11) is 0. The van der Waals surface area contributed by atoms with Crippen LogP contribution in [0.25, 0.3) is 0 Å². The van der Waals surface area contributed by atoms with E-state index in [0.717, 1.165) is 5.56 Å². The lowest BCUT2D eigenvalue weighted by Gasteiger charge is -2.30. The molecule has 0 aromatic heterocycles. The second kappa shape index (κ2) is 3.87. The van der Waals surface area contributed by atoms with Crippen LogP contribution in [0.3, 0.4) is 0 Å². The standard InChI is InChI=1S/C12H15FN2O/c1-8-3-4-10(13)9(5-8)12(2)7-16-6-11(14)15-12/h3-5H,6-7H2,1-2H3,(H2,14,15). The lowest BCUT2D eigenvalue weighted by Crippen LogP contribution is -2.38. The number of ether oxygens (including phenoxy) is 1. The van der Waals surface area contributed by atoms with Gasteiger partial charge in [0.05, 0.1) is 6.61 Å². The van der Waals surface area contributed by atoms with Gasteiger partial charge in [0, 0.05) is 5.56 Å². The second-order valence-electron chi connectivity index (χ2n) is 4.35. The summed E-state index contributed by atoms with van der Waals surface area (Å²) < 4.78 is 19.1. The van der Waals surface area contributed by atoms with E-state index in [4.69, 9.17) is 10.5 Å². The Hall–Kier alpha value is -1.42. The topological polar surface area (TPSA) is 47.6 Å². The highest BCUT2D eigenvalue weighted by Gasteiger charge is 2.32. The van der Waals surface area contributed by atoms with Gasteiger partial charge in [-0.05, 0) is 19.9 Å². The Morgan fingerprint density at radius 2 is 2.25 bits per heavy atom. The number of nitrogens with zero attached hydrogens (tertiary/aromatic N) is 1. The number of nitrogens with two attached hydrogens (primary N) is 1. The first-order valence-electron chi connectivity index (χ1n) is 5.20. The quantitative estimate of drug-likeness (QED) is 0.786. The van der Waals surface area contributed by atoms with Crippen molar-refractivity contribution in [2.75, 3.05) is 13.2 Å². The van der Waals surface area contributed by atoms with Crippen molar-refractivity contribution in [2.24, 2.45) is 10.7 Å². The molecule has 2 N–H and O–H groups in total. The van der Waals surface area contributed by atoms with Crippen LogP contribution in [0.2, 0.25) is 0 Å². The lowest BCUT2D eigenvalue weighted by atomic mass is 9.91. The SMILES string of the molecule is Cc1ccc(F)c(C2(C)COCC(N)=N2)c1. The number of hydrogen-bond acceptors (Lipinski definition) is 3. The molecule has 16 heavy (non-hydrogen) atoms. The molecule has 1 aromatic rings. The fraction of sp³-hybridized carbons (Fsp3) is 0.417. The first-order chi connectivity index (χ1) is 7.51. The van der Waals surface area contributed by atoms with Gasteiger partial charge in [-0.15, -0.1) is 0 Å². The highest BCUT2D eigenvalue weighted by Crippen LogP contribution is 2.30. The molecule has 0 saturated heterocycles. The zero-order chi connectivity index (χ0) is 11.8. The van der Waals surface area contributed by atoms with Gasteiger partial charge in [-0.1, -0.05) is 17.7 Å². The molecule has 0 fully saturated rings. The minimum atomic E-state index is -0.710. The summed E-state index contributed by atoms with van der Waals surface area (Å²) in [6, 6.07) is 4.98. The minimum absolute atomic E-state index is 0.268. The molecule has 1 unspecified atom stereocenters. The highest BCUT2D eigenvalue weighted by molar-refractivity contribution is 5.82. The van der Waals surface area contributed by atoms with Crippen molar-refractivity contribution in [1.82, 2.24) is 0 Å². The van der Waals surface area contributed by atoms with Crippen molar-refractivity contribution < 1.29 is 9.13 Å². The second-order valence-corrected chi connectivity index (χ2v) is 4.35. The Bertz CT molecular complexity index is 445. The largest absolute Gasteiger partial charge is 0.386 e. The molecule has 1 heterocycles. The van der Waals surface area contributed by atoms with E-state index in [-0.39, 0.29) is 5.82 Å². The Balaban J connectivity index is 2.50. The van der Waals surface area contributed by atoms with Crippen LogP contribution in [0, 0.1) is 12.7 Å². The van der Waals surface area contributed by atoms with Crippen LogP contribution < -0.4 is 5.73 Å². The molecule has 1 aliphatic rings. The Labute approximate surface area is 94.1 Å². The van der Waals surface area contributed by atoms with E-state index in [1.165, 1.54) is 6.07 Å². The lowest BCUT2D eigenvalue weighted by molar-refractivity contribution is 0.104. The summed E-state index contributed by atoms with van der Waals surface area (Å²) >= 11 is 0. The summed E-state index contributed by atoms with van der Waals surface area (Å²) in [6.45, 7) is 4.43. The molecule has 1 aromatic carbocycles. The number of halogens is 1. The third-order valence-corrected chi connectivity index (χ3v) is 2.73. The average Bonchev–Trinajstić information content (AvgIpc) is 2.21. The van der Waals surface area contributed by atoms with E-state index in [2.05, 4.69) is 4.99 Å². The molecule has 0 saturated carbocycles. The van der Waals surface area contributed by atoms with Gasteiger partial charge >= 0.3 is 0 Å². The summed E-state index contributed by atoms with van der Waals surface area (Å²) in [4.78, 5) is 4.32. The number of aryl methyl sites for hydroxylation is 1. The first kappa shape index (κ1) is 11.1. The molecule has 86 valence electrons. The maximum Gasteiger partial charge on any atom is 0.128 e. The van der Waals surface area contributed by atoms with Crippen LogP contribution >= 0.6 is 0 Å². The normalized spacial score (nSPS) is 25.3. The van der Waals surface area contributed by atoms with Gasteiger partial charge in [-0.3, -0.25) is 4.99 Å². The number of aliphatic imine (C=N–C) groups is 1. The highest BCUT2D eigenvalue weighted by atomic mass is 19.1. The molecule has 0 amide bonds. The van der Waals surface area contributed by atoms with Gasteiger partial charge in [0.25, 0.3) is 0 Å². The number of hydrogen-bond donors (Lipinski definition) is 1. The summed E-state index contributed by atoms with van der Waals surface area (Å²) in [5, 5.41) is 0. The van der Waals surface area contributed by atoms with Crippen LogP contribution in [-0.2, 0) is 10.3 Å². The molecule has 0 spiro atoms. The predicted molar refractivity (Wildman–Crippen MR) is 60.9 cm³/mol. The molecule has 1 atom stereocenters. The molecule has 0 aliphatic carbocycles. The van der Waals surface area contributed by atoms with E-state index in [0.29, 0.717) is 24.6 Å². The fourth-order valence-corrected chi connectivity index (χ4v) is 1.93. The smallest absolute Gasteiger partial charge is 0.128 e. The van der Waals surface area contributed by atoms with E-state index >= 15 is 0 Å². The van der Waals surface area contributed by atoms with Crippen molar-refractivity contribution in [3.05, 3.63) is 35.1 Å². The van der Waals surface area contributed by atoms with Crippen LogP contribution in [-0.4, -0.2) is 19.0 Å². The minimum Gasteiger partial charge on any atom is -0.386 e. The number of rotatable bonds is 1. The zero-order valence-electron chi connectivity index (χ0n) is 9.46. The molecule has 4 heteroatoms.